The van der Waals surface area contributed by atoms with Crippen LogP contribution in [0.3, 0.4) is 0 Å². The number of fused-ring (bicyclic) bond motifs is 1. The topological polar surface area (TPSA) is 77.1 Å². The second-order valence-corrected chi connectivity index (χ2v) is 5.35. The number of hydrogen-bond donors (Lipinski definition) is 1. The highest BCUT2D eigenvalue weighted by Gasteiger charge is 2.15. The van der Waals surface area contributed by atoms with Gasteiger partial charge in [-0.15, -0.1) is 11.8 Å². The fourth-order valence-electron chi connectivity index (χ4n) is 1.93. The molecule has 0 bridgehead atoms. The molecule has 0 unspecified atom stereocenters. The SMILES string of the molecule is Cc1cnc2c(c1SCCO)c(=O)n(C)c(=O)n2C. The van der Waals surface area contributed by atoms with Crippen molar-refractivity contribution in [2.24, 2.45) is 14.1 Å². The molecule has 0 radical (unpaired) electrons. The molecule has 0 fully saturated rings. The molecule has 2 aromatic rings. The predicted molar refractivity (Wildman–Crippen MR) is 74.8 cm³/mol. The quantitative estimate of drug-likeness (QED) is 0.803. The van der Waals surface area contributed by atoms with Crippen LogP contribution in [0.2, 0.25) is 0 Å². The smallest absolute Gasteiger partial charge is 0.332 e. The first-order valence-electron chi connectivity index (χ1n) is 5.78. The van der Waals surface area contributed by atoms with E-state index < -0.39 is 5.69 Å². The van der Waals surface area contributed by atoms with E-state index in [0.29, 0.717) is 16.8 Å². The molecule has 2 heterocycles. The predicted octanol–water partition coefficient (Wildman–Crippen LogP) is 0.0250. The molecule has 0 aliphatic carbocycles. The Morgan fingerprint density at radius 3 is 2.63 bits per heavy atom. The highest BCUT2D eigenvalue weighted by molar-refractivity contribution is 7.99. The van der Waals surface area contributed by atoms with Gasteiger partial charge in [-0.25, -0.2) is 9.78 Å². The van der Waals surface area contributed by atoms with Crippen molar-refractivity contribution in [2.45, 2.75) is 11.8 Å². The minimum absolute atomic E-state index is 0.0278. The van der Waals surface area contributed by atoms with Crippen LogP contribution < -0.4 is 11.2 Å². The lowest BCUT2D eigenvalue weighted by atomic mass is 10.2. The van der Waals surface area contributed by atoms with Crippen LogP contribution >= 0.6 is 11.8 Å². The number of aryl methyl sites for hydroxylation is 2. The Morgan fingerprint density at radius 2 is 2.00 bits per heavy atom. The maximum atomic E-state index is 12.3. The van der Waals surface area contributed by atoms with Crippen LogP contribution in [-0.4, -0.2) is 31.6 Å². The summed E-state index contributed by atoms with van der Waals surface area (Å²) in [6.45, 7) is 1.89. The van der Waals surface area contributed by atoms with E-state index in [1.165, 1.54) is 23.4 Å². The minimum atomic E-state index is -0.396. The summed E-state index contributed by atoms with van der Waals surface area (Å²) in [6.07, 6.45) is 1.64. The monoisotopic (exact) mass is 281 g/mol. The third-order valence-corrected chi connectivity index (χ3v) is 4.14. The molecule has 1 N–H and O–H groups in total. The molecule has 0 saturated carbocycles. The Labute approximate surface area is 113 Å². The lowest BCUT2D eigenvalue weighted by molar-refractivity contribution is 0.322. The van der Waals surface area contributed by atoms with Crippen LogP contribution in [0.25, 0.3) is 11.0 Å². The van der Waals surface area contributed by atoms with Crippen molar-refractivity contribution in [3.05, 3.63) is 32.6 Å². The van der Waals surface area contributed by atoms with Crippen LogP contribution in [-0.2, 0) is 14.1 Å². The van der Waals surface area contributed by atoms with Gasteiger partial charge in [0, 0.05) is 30.9 Å². The normalized spacial score (nSPS) is 11.2. The Kier molecular flexibility index (Phi) is 3.77. The van der Waals surface area contributed by atoms with E-state index in [1.807, 2.05) is 6.92 Å². The van der Waals surface area contributed by atoms with Gasteiger partial charge in [0.1, 0.15) is 5.65 Å². The average molecular weight is 281 g/mol. The van der Waals surface area contributed by atoms with Gasteiger partial charge in [0.25, 0.3) is 5.56 Å². The number of aliphatic hydroxyl groups is 1. The number of aromatic nitrogens is 3. The van der Waals surface area contributed by atoms with E-state index >= 15 is 0 Å². The zero-order chi connectivity index (χ0) is 14.2. The molecule has 0 amide bonds. The van der Waals surface area contributed by atoms with Gasteiger partial charge in [0.05, 0.1) is 12.0 Å². The van der Waals surface area contributed by atoms with Crippen LogP contribution in [0.5, 0.6) is 0 Å². The molecule has 0 aliphatic rings. The van der Waals surface area contributed by atoms with Crippen molar-refractivity contribution in [3.63, 3.8) is 0 Å². The van der Waals surface area contributed by atoms with Crippen molar-refractivity contribution in [1.29, 1.82) is 0 Å². The summed E-state index contributed by atoms with van der Waals surface area (Å²) in [7, 11) is 3.04. The Morgan fingerprint density at radius 1 is 1.32 bits per heavy atom. The van der Waals surface area contributed by atoms with E-state index in [2.05, 4.69) is 4.98 Å². The summed E-state index contributed by atoms with van der Waals surface area (Å²) >= 11 is 1.40. The second-order valence-electron chi connectivity index (χ2n) is 4.25. The summed E-state index contributed by atoms with van der Waals surface area (Å²) in [5, 5.41) is 9.37. The van der Waals surface area contributed by atoms with Crippen LogP contribution in [0.15, 0.2) is 20.7 Å². The van der Waals surface area contributed by atoms with E-state index in [-0.39, 0.29) is 12.2 Å². The molecule has 0 aromatic carbocycles. The summed E-state index contributed by atoms with van der Waals surface area (Å²) in [5.74, 6) is 0.492. The highest BCUT2D eigenvalue weighted by Crippen LogP contribution is 2.26. The van der Waals surface area contributed by atoms with Gasteiger partial charge < -0.3 is 5.11 Å². The van der Waals surface area contributed by atoms with Gasteiger partial charge in [-0.1, -0.05) is 0 Å². The first-order valence-corrected chi connectivity index (χ1v) is 6.76. The molecule has 102 valence electrons. The van der Waals surface area contributed by atoms with Crippen LogP contribution in [0.1, 0.15) is 5.56 Å². The highest BCUT2D eigenvalue weighted by atomic mass is 32.2. The molecule has 7 heteroatoms. The standard InChI is InChI=1S/C12H15N3O3S/c1-7-6-13-10-8(9(7)19-5-4-16)11(17)15(3)12(18)14(10)2/h6,16H,4-5H2,1-3H3. The van der Waals surface area contributed by atoms with E-state index in [1.54, 1.807) is 13.2 Å². The van der Waals surface area contributed by atoms with Crippen molar-refractivity contribution in [1.82, 2.24) is 14.1 Å². The largest absolute Gasteiger partial charge is 0.396 e. The molecule has 0 atom stereocenters. The third-order valence-electron chi connectivity index (χ3n) is 2.94. The van der Waals surface area contributed by atoms with E-state index in [4.69, 9.17) is 5.11 Å². The molecule has 2 rings (SSSR count). The lowest BCUT2D eigenvalue weighted by Gasteiger charge is -2.11. The summed E-state index contributed by atoms with van der Waals surface area (Å²) in [6, 6.07) is 0. The zero-order valence-corrected chi connectivity index (χ0v) is 11.8. The Bertz CT molecular complexity index is 748. The van der Waals surface area contributed by atoms with Gasteiger partial charge in [-0.3, -0.25) is 13.9 Å². The number of pyridine rings is 1. The molecule has 19 heavy (non-hydrogen) atoms. The molecule has 0 saturated heterocycles. The third kappa shape index (κ3) is 2.19. The Balaban J connectivity index is 2.92. The summed E-state index contributed by atoms with van der Waals surface area (Å²) < 4.78 is 2.44. The van der Waals surface area contributed by atoms with Gasteiger partial charge in [0.15, 0.2) is 0 Å². The van der Waals surface area contributed by atoms with Crippen molar-refractivity contribution >= 4 is 22.8 Å². The van der Waals surface area contributed by atoms with Gasteiger partial charge in [0.2, 0.25) is 0 Å². The fourth-order valence-corrected chi connectivity index (χ4v) is 2.83. The maximum Gasteiger partial charge on any atom is 0.332 e. The van der Waals surface area contributed by atoms with Crippen molar-refractivity contribution in [3.8, 4) is 0 Å². The number of hydrogen-bond acceptors (Lipinski definition) is 5. The van der Waals surface area contributed by atoms with E-state index in [0.717, 1.165) is 15.0 Å². The van der Waals surface area contributed by atoms with Gasteiger partial charge >= 0.3 is 5.69 Å². The fraction of sp³-hybridized carbons (Fsp3) is 0.417. The molecular formula is C12H15N3O3S. The first-order chi connectivity index (χ1) is 8.99. The molecular weight excluding hydrogens is 266 g/mol. The average Bonchev–Trinajstić information content (AvgIpc) is 2.41. The number of nitrogens with zero attached hydrogens (tertiary/aromatic N) is 3. The zero-order valence-electron chi connectivity index (χ0n) is 11.0. The van der Waals surface area contributed by atoms with Crippen molar-refractivity contribution < 1.29 is 5.11 Å². The number of thioether (sulfide) groups is 1. The second kappa shape index (κ2) is 5.18. The molecule has 2 aromatic heterocycles. The van der Waals surface area contributed by atoms with Crippen molar-refractivity contribution in [2.75, 3.05) is 12.4 Å². The van der Waals surface area contributed by atoms with Crippen LogP contribution in [0.4, 0.5) is 0 Å². The number of aliphatic hydroxyl groups excluding tert-OH is 1. The summed E-state index contributed by atoms with van der Waals surface area (Å²) in [5.41, 5.74) is 0.488. The van der Waals surface area contributed by atoms with E-state index in [9.17, 15) is 9.59 Å². The van der Waals surface area contributed by atoms with Gasteiger partial charge in [-0.2, -0.15) is 0 Å². The molecule has 6 nitrogen and oxygen atoms in total. The van der Waals surface area contributed by atoms with Gasteiger partial charge in [-0.05, 0) is 12.5 Å². The Hall–Kier alpha value is -1.60. The lowest BCUT2D eigenvalue weighted by Crippen LogP contribution is -2.37. The molecule has 0 spiro atoms. The minimum Gasteiger partial charge on any atom is -0.396 e. The first kappa shape index (κ1) is 13.8. The summed E-state index contributed by atoms with van der Waals surface area (Å²) in [4.78, 5) is 29.1. The van der Waals surface area contributed by atoms with Crippen LogP contribution in [0, 0.1) is 6.92 Å². The maximum absolute atomic E-state index is 12.3. The number of rotatable bonds is 3. The molecule has 0 aliphatic heterocycles.